The Bertz CT molecular complexity index is 573. The molecule has 114 valence electrons. The molecule has 0 aliphatic carbocycles. The number of nitrogens with zero attached hydrogens (tertiary/aromatic N) is 1. The Morgan fingerprint density at radius 2 is 2.00 bits per heavy atom. The Balaban J connectivity index is 2.33. The van der Waals surface area contributed by atoms with Gasteiger partial charge >= 0.3 is 0 Å². The highest BCUT2D eigenvalue weighted by atomic mass is 16.2. The molecule has 1 heterocycles. The molecular formula is C15H22N4O2. The number of amides is 2. The van der Waals surface area contributed by atoms with E-state index >= 15 is 0 Å². The van der Waals surface area contributed by atoms with Gasteiger partial charge in [-0.25, -0.2) is 0 Å². The maximum absolute atomic E-state index is 12.0. The average Bonchev–Trinajstić information content (AvgIpc) is 2.89. The van der Waals surface area contributed by atoms with Crippen molar-refractivity contribution in [2.45, 2.75) is 13.3 Å². The molecule has 1 aromatic carbocycles. The predicted octanol–water partition coefficient (Wildman–Crippen LogP) is 0.591. The summed E-state index contributed by atoms with van der Waals surface area (Å²) in [5.74, 6) is -0.131. The van der Waals surface area contributed by atoms with Gasteiger partial charge in [0.25, 0.3) is 5.91 Å². The van der Waals surface area contributed by atoms with Gasteiger partial charge in [0.15, 0.2) is 0 Å². The second-order valence-electron chi connectivity index (χ2n) is 5.67. The Labute approximate surface area is 124 Å². The molecule has 1 fully saturated rings. The van der Waals surface area contributed by atoms with Crippen molar-refractivity contribution in [3.63, 3.8) is 0 Å². The second-order valence-corrected chi connectivity index (χ2v) is 5.67. The summed E-state index contributed by atoms with van der Waals surface area (Å²) in [6.45, 7) is 3.23. The van der Waals surface area contributed by atoms with E-state index in [4.69, 9.17) is 5.73 Å². The lowest BCUT2D eigenvalue weighted by Crippen LogP contribution is -2.39. The lowest BCUT2D eigenvalue weighted by atomic mass is 9.89. The van der Waals surface area contributed by atoms with Crippen LogP contribution in [0.2, 0.25) is 0 Å². The van der Waals surface area contributed by atoms with Crippen molar-refractivity contribution in [3.8, 4) is 0 Å². The molecule has 1 aliphatic heterocycles. The van der Waals surface area contributed by atoms with E-state index in [-0.39, 0.29) is 11.8 Å². The van der Waals surface area contributed by atoms with Gasteiger partial charge in [-0.3, -0.25) is 9.59 Å². The van der Waals surface area contributed by atoms with Crippen LogP contribution in [0.1, 0.15) is 23.7 Å². The second kappa shape index (κ2) is 5.63. The smallest absolute Gasteiger partial charge is 0.253 e. The van der Waals surface area contributed by atoms with Crippen LogP contribution < -0.4 is 21.3 Å². The van der Waals surface area contributed by atoms with Gasteiger partial charge in [-0.15, -0.1) is 0 Å². The third-order valence-electron chi connectivity index (χ3n) is 4.08. The van der Waals surface area contributed by atoms with Crippen molar-refractivity contribution in [1.29, 1.82) is 0 Å². The lowest BCUT2D eigenvalue weighted by Gasteiger charge is -2.25. The molecule has 6 nitrogen and oxygen atoms in total. The zero-order chi connectivity index (χ0) is 15.6. The molecule has 1 unspecified atom stereocenters. The number of nitrogens with two attached hydrogens (primary N) is 1. The van der Waals surface area contributed by atoms with Gasteiger partial charge in [0.1, 0.15) is 0 Å². The van der Waals surface area contributed by atoms with Crippen LogP contribution >= 0.6 is 0 Å². The minimum Gasteiger partial charge on any atom is -0.399 e. The summed E-state index contributed by atoms with van der Waals surface area (Å²) in [6.07, 6.45) is 0.745. The van der Waals surface area contributed by atoms with Crippen LogP contribution in [0, 0.1) is 5.41 Å². The summed E-state index contributed by atoms with van der Waals surface area (Å²) < 4.78 is 0. The Hall–Kier alpha value is -2.24. The zero-order valence-electron chi connectivity index (χ0n) is 12.7. The number of rotatable bonds is 3. The average molecular weight is 290 g/mol. The molecule has 6 heteroatoms. The van der Waals surface area contributed by atoms with Crippen molar-refractivity contribution in [3.05, 3.63) is 23.8 Å². The fraction of sp³-hybridized carbons (Fsp3) is 0.467. The molecular weight excluding hydrogens is 268 g/mol. The minimum atomic E-state index is -0.445. The summed E-state index contributed by atoms with van der Waals surface area (Å²) in [6, 6.07) is 5.22. The number of carbonyl (C=O) groups excluding carboxylic acids is 2. The van der Waals surface area contributed by atoms with Crippen molar-refractivity contribution in [1.82, 2.24) is 10.6 Å². The predicted molar refractivity (Wildman–Crippen MR) is 83.2 cm³/mol. The summed E-state index contributed by atoms with van der Waals surface area (Å²) in [5.41, 5.74) is 7.37. The van der Waals surface area contributed by atoms with Gasteiger partial charge in [0.2, 0.25) is 5.91 Å². The normalized spacial score (nSPS) is 21.2. The number of hydrogen-bond donors (Lipinski definition) is 3. The first-order chi connectivity index (χ1) is 9.91. The molecule has 1 saturated heterocycles. The highest BCUT2D eigenvalue weighted by Crippen LogP contribution is 2.35. The van der Waals surface area contributed by atoms with Crippen LogP contribution in [0.3, 0.4) is 0 Å². The third kappa shape index (κ3) is 2.79. The van der Waals surface area contributed by atoms with E-state index in [1.807, 2.05) is 6.92 Å². The van der Waals surface area contributed by atoms with Crippen LogP contribution in [0.4, 0.5) is 11.4 Å². The first-order valence-electron chi connectivity index (χ1n) is 7.00. The van der Waals surface area contributed by atoms with Gasteiger partial charge in [-0.05, 0) is 31.5 Å². The van der Waals surface area contributed by atoms with Gasteiger partial charge in [-0.1, -0.05) is 0 Å². The number of nitrogens with one attached hydrogen (secondary N) is 2. The molecule has 2 rings (SSSR count). The molecule has 0 saturated carbocycles. The van der Waals surface area contributed by atoms with Crippen LogP contribution in [0.15, 0.2) is 18.2 Å². The van der Waals surface area contributed by atoms with Crippen LogP contribution in [0.25, 0.3) is 0 Å². The highest BCUT2D eigenvalue weighted by Gasteiger charge is 2.40. The third-order valence-corrected chi connectivity index (χ3v) is 4.08. The van der Waals surface area contributed by atoms with E-state index in [1.165, 1.54) is 0 Å². The largest absolute Gasteiger partial charge is 0.399 e. The first-order valence-corrected chi connectivity index (χ1v) is 7.00. The monoisotopic (exact) mass is 290 g/mol. The molecule has 0 aromatic heterocycles. The van der Waals surface area contributed by atoms with E-state index in [2.05, 4.69) is 15.5 Å². The molecule has 2 amide bonds. The van der Waals surface area contributed by atoms with E-state index in [9.17, 15) is 9.59 Å². The van der Waals surface area contributed by atoms with Crippen LogP contribution in [-0.4, -0.2) is 39.0 Å². The molecule has 1 aliphatic rings. The lowest BCUT2D eigenvalue weighted by molar-refractivity contribution is -0.128. The molecule has 1 aromatic rings. The van der Waals surface area contributed by atoms with Crippen molar-refractivity contribution in [2.75, 3.05) is 37.8 Å². The van der Waals surface area contributed by atoms with Crippen LogP contribution in [-0.2, 0) is 4.79 Å². The molecule has 0 bridgehead atoms. The highest BCUT2D eigenvalue weighted by molar-refractivity contribution is 6.00. The minimum absolute atomic E-state index is 0.0235. The SMILES string of the molecule is CNC(=O)c1ccc(N)cc1N1CCC(C)(C(=O)NC)C1. The Kier molecular flexibility index (Phi) is 4.06. The molecule has 0 spiro atoms. The standard InChI is InChI=1S/C15H22N4O2/c1-15(14(21)18-3)6-7-19(9-15)12-8-10(16)4-5-11(12)13(20)17-2/h4-5,8H,6-7,9,16H2,1-3H3,(H,17,20)(H,18,21). The summed E-state index contributed by atoms with van der Waals surface area (Å²) in [4.78, 5) is 26.1. The first kappa shape index (κ1) is 15.2. The maximum Gasteiger partial charge on any atom is 0.253 e. The molecule has 0 radical (unpaired) electrons. The Morgan fingerprint density at radius 3 is 2.62 bits per heavy atom. The van der Waals surface area contributed by atoms with Gasteiger partial charge in [0.05, 0.1) is 16.7 Å². The van der Waals surface area contributed by atoms with E-state index in [1.54, 1.807) is 32.3 Å². The van der Waals surface area contributed by atoms with Gasteiger partial charge < -0.3 is 21.3 Å². The zero-order valence-corrected chi connectivity index (χ0v) is 12.7. The van der Waals surface area contributed by atoms with Crippen LogP contribution in [0.5, 0.6) is 0 Å². The van der Waals surface area contributed by atoms with E-state index < -0.39 is 5.41 Å². The number of carbonyl (C=O) groups is 2. The number of hydrogen-bond acceptors (Lipinski definition) is 4. The van der Waals surface area contributed by atoms with Crippen molar-refractivity contribution in [2.24, 2.45) is 5.41 Å². The summed E-state index contributed by atoms with van der Waals surface area (Å²) in [5, 5.41) is 5.34. The fourth-order valence-corrected chi connectivity index (χ4v) is 2.79. The maximum atomic E-state index is 12.0. The summed E-state index contributed by atoms with van der Waals surface area (Å²) in [7, 11) is 3.24. The molecule has 4 N–H and O–H groups in total. The quantitative estimate of drug-likeness (QED) is 0.711. The molecule has 1 atom stereocenters. The van der Waals surface area contributed by atoms with E-state index in [0.717, 1.165) is 18.7 Å². The van der Waals surface area contributed by atoms with E-state index in [0.29, 0.717) is 17.8 Å². The number of nitrogen functional groups attached to an aromatic ring is 1. The molecule has 21 heavy (non-hydrogen) atoms. The van der Waals surface area contributed by atoms with Gasteiger partial charge in [-0.2, -0.15) is 0 Å². The number of anilines is 2. The summed E-state index contributed by atoms with van der Waals surface area (Å²) >= 11 is 0. The Morgan fingerprint density at radius 1 is 1.29 bits per heavy atom. The van der Waals surface area contributed by atoms with Gasteiger partial charge in [0, 0.05) is 32.9 Å². The van der Waals surface area contributed by atoms with Crippen molar-refractivity contribution >= 4 is 23.2 Å². The number of benzene rings is 1. The van der Waals surface area contributed by atoms with Crippen molar-refractivity contribution < 1.29 is 9.59 Å². The fourth-order valence-electron chi connectivity index (χ4n) is 2.79. The topological polar surface area (TPSA) is 87.5 Å².